The molecule has 174 valence electrons. The topological polar surface area (TPSA) is 92.8 Å². The molecule has 8 heteroatoms. The van der Waals surface area contributed by atoms with Gasteiger partial charge < -0.3 is 14.4 Å². The van der Waals surface area contributed by atoms with Gasteiger partial charge in [0, 0.05) is 31.6 Å². The van der Waals surface area contributed by atoms with Crippen molar-refractivity contribution in [3.8, 4) is 5.75 Å². The number of carbonyl (C=O) groups is 2. The average Bonchev–Trinajstić information content (AvgIpc) is 2.64. The van der Waals surface area contributed by atoms with Crippen LogP contribution in [0.5, 0.6) is 5.75 Å². The first-order chi connectivity index (χ1) is 14.8. The Morgan fingerprint density at radius 2 is 1.69 bits per heavy atom. The van der Waals surface area contributed by atoms with E-state index in [1.54, 1.807) is 23.1 Å². The highest BCUT2D eigenvalue weighted by Crippen LogP contribution is 2.24. The van der Waals surface area contributed by atoms with Crippen molar-refractivity contribution in [1.29, 1.82) is 0 Å². The smallest absolute Gasteiger partial charge is 0.339 e. The first-order valence-corrected chi connectivity index (χ1v) is 11.9. The molecular weight excluding hydrogens is 428 g/mol. The Balaban J connectivity index is 2.17. The summed E-state index contributed by atoms with van der Waals surface area (Å²) < 4.78 is 30.6. The maximum absolute atomic E-state index is 12.8. The maximum atomic E-state index is 12.8. The van der Waals surface area contributed by atoms with Crippen LogP contribution in [0.3, 0.4) is 0 Å². The predicted octanol–water partition coefficient (Wildman–Crippen LogP) is 4.59. The number of benzene rings is 2. The van der Waals surface area contributed by atoms with Gasteiger partial charge in [0.2, 0.25) is 11.8 Å². The minimum Gasteiger partial charge on any atom is -0.379 e. The quantitative estimate of drug-likeness (QED) is 0.582. The van der Waals surface area contributed by atoms with E-state index in [4.69, 9.17) is 4.18 Å². The molecule has 0 saturated heterocycles. The Morgan fingerprint density at radius 3 is 2.22 bits per heavy atom. The van der Waals surface area contributed by atoms with Crippen molar-refractivity contribution in [3.05, 3.63) is 54.1 Å². The van der Waals surface area contributed by atoms with Crippen molar-refractivity contribution in [1.82, 2.24) is 4.90 Å². The third kappa shape index (κ3) is 7.67. The molecule has 2 aromatic rings. The van der Waals surface area contributed by atoms with Gasteiger partial charge in [-0.3, -0.25) is 9.59 Å². The van der Waals surface area contributed by atoms with E-state index in [2.05, 4.69) is 5.32 Å². The monoisotopic (exact) mass is 460 g/mol. The number of nitrogens with one attached hydrogen (secondary N) is 1. The van der Waals surface area contributed by atoms with E-state index in [1.165, 1.54) is 31.2 Å². The minimum absolute atomic E-state index is 0.000263. The summed E-state index contributed by atoms with van der Waals surface area (Å²) in [7, 11) is -4.05. The summed E-state index contributed by atoms with van der Waals surface area (Å²) in [6.45, 7) is 11.7. The molecule has 0 aliphatic rings. The van der Waals surface area contributed by atoms with E-state index < -0.39 is 10.1 Å². The number of amides is 2. The largest absolute Gasteiger partial charge is 0.379 e. The van der Waals surface area contributed by atoms with Crippen LogP contribution < -0.4 is 9.50 Å². The lowest BCUT2D eigenvalue weighted by molar-refractivity contribution is -0.135. The van der Waals surface area contributed by atoms with Gasteiger partial charge in [-0.25, -0.2) is 0 Å². The first kappa shape index (κ1) is 25.4. The molecule has 0 fully saturated rings. The van der Waals surface area contributed by atoms with Crippen molar-refractivity contribution in [2.24, 2.45) is 5.41 Å². The van der Waals surface area contributed by atoms with Crippen LogP contribution in [0.25, 0.3) is 0 Å². The SMILES string of the molecule is CC(=O)Nc1ccc(S(=O)(=O)Oc2cccc(CN(C(=O)CC(C)(C)C)C(C)C)c2)cc1. The zero-order chi connectivity index (χ0) is 24.1. The molecular formula is C24H32N2O5S. The van der Waals surface area contributed by atoms with Crippen LogP contribution in [0.4, 0.5) is 5.69 Å². The highest BCUT2D eigenvalue weighted by Gasteiger charge is 2.24. The Hall–Kier alpha value is -2.87. The molecule has 1 N–H and O–H groups in total. The summed E-state index contributed by atoms with van der Waals surface area (Å²) in [5, 5.41) is 2.58. The minimum atomic E-state index is -4.05. The van der Waals surface area contributed by atoms with E-state index in [0.717, 1.165) is 5.56 Å². The first-order valence-electron chi connectivity index (χ1n) is 10.5. The van der Waals surface area contributed by atoms with Gasteiger partial charge in [-0.15, -0.1) is 0 Å². The molecule has 0 saturated carbocycles. The van der Waals surface area contributed by atoms with Gasteiger partial charge >= 0.3 is 10.1 Å². The van der Waals surface area contributed by atoms with E-state index in [-0.39, 0.29) is 33.9 Å². The standard InChI is InChI=1S/C24H32N2O5S/c1-17(2)26(23(28)15-24(4,5)6)16-19-8-7-9-21(14-19)31-32(29,30)22-12-10-20(11-13-22)25-18(3)27/h7-14,17H,15-16H2,1-6H3,(H,25,27). The van der Waals surface area contributed by atoms with E-state index >= 15 is 0 Å². The van der Waals surface area contributed by atoms with Crippen molar-refractivity contribution in [2.75, 3.05) is 5.32 Å². The Morgan fingerprint density at radius 1 is 1.06 bits per heavy atom. The summed E-state index contributed by atoms with van der Waals surface area (Å²) in [6.07, 6.45) is 0.421. The normalized spacial score (nSPS) is 11.8. The summed E-state index contributed by atoms with van der Waals surface area (Å²) >= 11 is 0. The molecule has 0 aromatic heterocycles. The Bertz CT molecular complexity index is 1050. The van der Waals surface area contributed by atoms with Gasteiger partial charge in [0.1, 0.15) is 10.6 Å². The maximum Gasteiger partial charge on any atom is 0.339 e. The van der Waals surface area contributed by atoms with Crippen LogP contribution in [0.15, 0.2) is 53.4 Å². The summed E-state index contributed by atoms with van der Waals surface area (Å²) in [6, 6.07) is 12.5. The second-order valence-electron chi connectivity index (χ2n) is 9.24. The Kier molecular flexibility index (Phi) is 8.07. The second kappa shape index (κ2) is 10.2. The number of hydrogen-bond donors (Lipinski definition) is 1. The van der Waals surface area contributed by atoms with E-state index in [9.17, 15) is 18.0 Å². The molecule has 0 bridgehead atoms. The lowest BCUT2D eigenvalue weighted by Crippen LogP contribution is -2.38. The van der Waals surface area contributed by atoms with Crippen LogP contribution in [0, 0.1) is 5.41 Å². The van der Waals surface area contributed by atoms with Crippen molar-refractivity contribution in [3.63, 3.8) is 0 Å². The number of nitrogens with zero attached hydrogens (tertiary/aromatic N) is 1. The molecule has 2 rings (SSSR count). The summed E-state index contributed by atoms with van der Waals surface area (Å²) in [4.78, 5) is 25.6. The molecule has 2 amide bonds. The molecule has 0 aliphatic heterocycles. The van der Waals surface area contributed by atoms with Crippen molar-refractivity contribution < 1.29 is 22.2 Å². The molecule has 0 atom stereocenters. The number of carbonyl (C=O) groups excluding carboxylic acids is 2. The molecule has 0 heterocycles. The summed E-state index contributed by atoms with van der Waals surface area (Å²) in [5.74, 6) is -0.0313. The van der Waals surface area contributed by atoms with E-state index in [1.807, 2.05) is 40.7 Å². The fourth-order valence-corrected chi connectivity index (χ4v) is 4.01. The molecule has 0 radical (unpaired) electrons. The zero-order valence-electron chi connectivity index (χ0n) is 19.5. The van der Waals surface area contributed by atoms with Gasteiger partial charge in [-0.05, 0) is 61.2 Å². The average molecular weight is 461 g/mol. The van der Waals surface area contributed by atoms with Crippen LogP contribution >= 0.6 is 0 Å². The lowest BCUT2D eigenvalue weighted by atomic mass is 9.91. The van der Waals surface area contributed by atoms with Crippen LogP contribution in [0.1, 0.15) is 53.5 Å². The van der Waals surface area contributed by atoms with Gasteiger partial charge in [-0.1, -0.05) is 32.9 Å². The third-order valence-corrected chi connectivity index (χ3v) is 5.81. The van der Waals surface area contributed by atoms with Gasteiger partial charge in [0.15, 0.2) is 0 Å². The number of anilines is 1. The van der Waals surface area contributed by atoms with Crippen LogP contribution in [0.2, 0.25) is 0 Å². The van der Waals surface area contributed by atoms with Crippen LogP contribution in [-0.2, 0) is 26.3 Å². The summed E-state index contributed by atoms with van der Waals surface area (Å²) in [5.41, 5.74) is 1.14. The van der Waals surface area contributed by atoms with E-state index in [0.29, 0.717) is 18.7 Å². The van der Waals surface area contributed by atoms with Gasteiger partial charge in [0.25, 0.3) is 0 Å². The number of hydrogen-bond acceptors (Lipinski definition) is 5. The molecule has 7 nitrogen and oxygen atoms in total. The third-order valence-electron chi connectivity index (χ3n) is 4.55. The second-order valence-corrected chi connectivity index (χ2v) is 10.8. The fourth-order valence-electron chi connectivity index (χ4n) is 3.09. The van der Waals surface area contributed by atoms with Gasteiger partial charge in [-0.2, -0.15) is 8.42 Å². The molecule has 32 heavy (non-hydrogen) atoms. The van der Waals surface area contributed by atoms with Crippen molar-refractivity contribution in [2.45, 2.75) is 65.4 Å². The Labute approximate surface area is 190 Å². The zero-order valence-corrected chi connectivity index (χ0v) is 20.3. The molecule has 0 aliphatic carbocycles. The van der Waals surface area contributed by atoms with Gasteiger partial charge in [0.05, 0.1) is 0 Å². The predicted molar refractivity (Wildman–Crippen MR) is 125 cm³/mol. The highest BCUT2D eigenvalue weighted by molar-refractivity contribution is 7.87. The number of rotatable bonds is 8. The fraction of sp³-hybridized carbons (Fsp3) is 0.417. The lowest BCUT2D eigenvalue weighted by Gasteiger charge is -2.30. The highest BCUT2D eigenvalue weighted by atomic mass is 32.2. The molecule has 0 spiro atoms. The van der Waals surface area contributed by atoms with Crippen molar-refractivity contribution >= 4 is 27.6 Å². The molecule has 2 aromatic carbocycles. The molecule has 0 unspecified atom stereocenters. The van der Waals surface area contributed by atoms with Crippen LogP contribution in [-0.4, -0.2) is 31.2 Å².